The summed E-state index contributed by atoms with van der Waals surface area (Å²) in [6, 6.07) is 7.65. The van der Waals surface area contributed by atoms with Crippen LogP contribution < -0.4 is 11.0 Å². The highest BCUT2D eigenvalue weighted by Crippen LogP contribution is 2.40. The maximum atomic E-state index is 15.2. The Morgan fingerprint density at radius 2 is 1.82 bits per heavy atom. The van der Waals surface area contributed by atoms with Crippen molar-refractivity contribution in [1.82, 2.24) is 24.2 Å². The number of aryl methyl sites for hydroxylation is 2. The minimum Gasteiger partial charge on any atom is -0.307 e. The minimum absolute atomic E-state index is 0.00346. The number of nitrogens with zero attached hydrogens (tertiary/aromatic N) is 4. The molecule has 2 aromatic carbocycles. The smallest absolute Gasteiger partial charge is 0.307 e. The zero-order valence-corrected chi connectivity index (χ0v) is 22.1. The summed E-state index contributed by atoms with van der Waals surface area (Å²) in [5, 5.41) is 8.50. The Hall–Kier alpha value is -3.57. The molecule has 198 valence electrons. The van der Waals surface area contributed by atoms with Gasteiger partial charge in [-0.15, -0.1) is 0 Å². The van der Waals surface area contributed by atoms with Crippen LogP contribution in [0.15, 0.2) is 52.4 Å². The van der Waals surface area contributed by atoms with E-state index in [9.17, 15) is 13.4 Å². The normalized spacial score (nSPS) is 19.9. The largest absolute Gasteiger partial charge is 0.338 e. The molecule has 3 atom stereocenters. The molecule has 4 heterocycles. The van der Waals surface area contributed by atoms with Gasteiger partial charge in [-0.05, 0) is 68.1 Å². The number of nitrogens with one attached hydrogen (secondary N) is 2. The molecule has 0 spiro atoms. The fraction of sp³-hybridized carbons (Fsp3) is 0.333. The number of imidazole rings is 1. The third-order valence-electron chi connectivity index (χ3n) is 7.64. The van der Waals surface area contributed by atoms with Crippen molar-refractivity contribution >= 4 is 9.73 Å². The predicted molar refractivity (Wildman–Crippen MR) is 140 cm³/mol. The monoisotopic (exact) mass is 538 g/mol. The first kappa shape index (κ1) is 24.7. The summed E-state index contributed by atoms with van der Waals surface area (Å²) >= 11 is 0. The molecule has 0 aliphatic carbocycles. The van der Waals surface area contributed by atoms with Crippen molar-refractivity contribution in [2.45, 2.75) is 57.0 Å². The first-order valence-corrected chi connectivity index (χ1v) is 14.3. The first-order chi connectivity index (χ1) is 18.1. The first-order valence-electron chi connectivity index (χ1n) is 12.6. The zero-order chi connectivity index (χ0) is 26.9. The molecule has 8 nitrogen and oxygen atoms in total. The van der Waals surface area contributed by atoms with Crippen molar-refractivity contribution in [3.8, 4) is 17.2 Å². The third-order valence-corrected chi connectivity index (χ3v) is 9.47. The maximum Gasteiger partial charge on any atom is 0.338 e. The van der Waals surface area contributed by atoms with Crippen LogP contribution in [0.2, 0.25) is 0 Å². The second kappa shape index (κ2) is 8.74. The van der Waals surface area contributed by atoms with Gasteiger partial charge in [-0.2, -0.15) is 5.10 Å². The van der Waals surface area contributed by atoms with Gasteiger partial charge in [0.05, 0.1) is 31.7 Å². The van der Waals surface area contributed by atoms with Gasteiger partial charge in [-0.3, -0.25) is 9.13 Å². The molecule has 0 saturated carbocycles. The van der Waals surface area contributed by atoms with Crippen molar-refractivity contribution in [2.75, 3.05) is 5.75 Å². The van der Waals surface area contributed by atoms with Gasteiger partial charge >= 0.3 is 5.69 Å². The third kappa shape index (κ3) is 3.75. The van der Waals surface area contributed by atoms with Crippen LogP contribution in [0.1, 0.15) is 48.2 Å². The van der Waals surface area contributed by atoms with Crippen molar-refractivity contribution in [3.05, 3.63) is 87.2 Å². The van der Waals surface area contributed by atoms with Crippen molar-refractivity contribution in [3.63, 3.8) is 0 Å². The Morgan fingerprint density at radius 3 is 2.50 bits per heavy atom. The second-order valence-corrected chi connectivity index (χ2v) is 12.5. The van der Waals surface area contributed by atoms with Crippen LogP contribution in [-0.4, -0.2) is 34.9 Å². The lowest BCUT2D eigenvalue weighted by Gasteiger charge is -2.21. The molecule has 1 unspecified atom stereocenters. The van der Waals surface area contributed by atoms with Gasteiger partial charge < -0.3 is 5.32 Å². The van der Waals surface area contributed by atoms with E-state index in [1.807, 2.05) is 0 Å². The van der Waals surface area contributed by atoms with Gasteiger partial charge in [0.1, 0.15) is 17.5 Å². The lowest BCUT2D eigenvalue weighted by Crippen LogP contribution is -2.32. The maximum absolute atomic E-state index is 15.2. The lowest BCUT2D eigenvalue weighted by atomic mass is 10.0. The molecule has 0 radical (unpaired) electrons. The van der Waals surface area contributed by atoms with Crippen LogP contribution in [0.4, 0.5) is 8.78 Å². The Labute approximate surface area is 218 Å². The van der Waals surface area contributed by atoms with Crippen molar-refractivity contribution in [2.24, 2.45) is 0 Å². The Kier molecular flexibility index (Phi) is 5.69. The van der Waals surface area contributed by atoms with Crippen LogP contribution in [0.25, 0.3) is 17.2 Å². The van der Waals surface area contributed by atoms with E-state index in [4.69, 9.17) is 9.88 Å². The van der Waals surface area contributed by atoms with E-state index in [-0.39, 0.29) is 28.2 Å². The molecule has 11 heteroatoms. The van der Waals surface area contributed by atoms with Gasteiger partial charge in [0.2, 0.25) is 0 Å². The number of hydrogen-bond donors (Lipinski definition) is 2. The summed E-state index contributed by atoms with van der Waals surface area (Å²) in [5.41, 5.74) is 2.90. The molecule has 4 aromatic rings. The molecule has 1 saturated heterocycles. The van der Waals surface area contributed by atoms with Gasteiger partial charge in [-0.25, -0.2) is 27.2 Å². The predicted octanol–water partition coefficient (Wildman–Crippen LogP) is 4.48. The standard InChI is InChI=1S/C27H28F2N6O2S/c1-4-38(30,37)19-6-8-23(20(28)14-19)33-9-10-34(27(33)36)26-24-21-7-5-17(31-21)13-22(24)32-35(26)18-11-15(2)25(29)16(3)12-18/h6,8-12,14,17,21,30-31H,4-5,7,13H2,1-3H3/t17-,21+,38?/m1/s1. The van der Waals surface area contributed by atoms with E-state index in [0.717, 1.165) is 36.6 Å². The van der Waals surface area contributed by atoms with E-state index in [1.165, 1.54) is 27.5 Å². The van der Waals surface area contributed by atoms with Crippen LogP contribution in [0, 0.1) is 30.3 Å². The van der Waals surface area contributed by atoms with E-state index < -0.39 is 21.2 Å². The van der Waals surface area contributed by atoms with Crippen LogP contribution >= 0.6 is 0 Å². The Bertz CT molecular complexity index is 1750. The minimum atomic E-state index is -3.10. The summed E-state index contributed by atoms with van der Waals surface area (Å²) < 4.78 is 54.3. The molecule has 0 amide bonds. The topological polar surface area (TPSA) is 97.7 Å². The number of hydrogen-bond acceptors (Lipinski definition) is 5. The number of benzene rings is 2. The number of fused-ring (bicyclic) bond motifs is 4. The van der Waals surface area contributed by atoms with Crippen LogP contribution in [0.3, 0.4) is 0 Å². The van der Waals surface area contributed by atoms with Gasteiger partial charge in [0.15, 0.2) is 0 Å². The molecule has 2 aromatic heterocycles. The SMILES string of the molecule is CCS(=N)(=O)c1ccc(-n2ccn(-c3c4c(nn3-c3cc(C)c(F)c(C)c3)C[C@H]3CC[C@@H]4N3)c2=O)c(F)c1. The average Bonchev–Trinajstić information content (AvgIpc) is 3.57. The number of halogens is 2. The number of rotatable bonds is 5. The lowest BCUT2D eigenvalue weighted by molar-refractivity contribution is 0.509. The van der Waals surface area contributed by atoms with Crippen molar-refractivity contribution < 1.29 is 13.0 Å². The zero-order valence-electron chi connectivity index (χ0n) is 21.3. The molecule has 2 aliphatic rings. The fourth-order valence-electron chi connectivity index (χ4n) is 5.65. The highest BCUT2D eigenvalue weighted by molar-refractivity contribution is 7.92. The summed E-state index contributed by atoms with van der Waals surface area (Å²) in [7, 11) is -3.10. The highest BCUT2D eigenvalue weighted by atomic mass is 32.2. The summed E-state index contributed by atoms with van der Waals surface area (Å²) in [5.74, 6) is -0.411. The van der Waals surface area contributed by atoms with E-state index in [1.54, 1.807) is 43.8 Å². The van der Waals surface area contributed by atoms with Crippen molar-refractivity contribution in [1.29, 1.82) is 4.78 Å². The molecular formula is C27H28F2N6O2S. The molecule has 1 fully saturated rings. The van der Waals surface area contributed by atoms with Crippen LogP contribution in [0.5, 0.6) is 0 Å². The summed E-state index contributed by atoms with van der Waals surface area (Å²) in [4.78, 5) is 13.9. The van der Waals surface area contributed by atoms with Gasteiger partial charge in [0.25, 0.3) is 0 Å². The van der Waals surface area contributed by atoms with Crippen LogP contribution in [-0.2, 0) is 16.1 Å². The van der Waals surface area contributed by atoms with E-state index in [2.05, 4.69) is 5.32 Å². The van der Waals surface area contributed by atoms with E-state index >= 15 is 4.39 Å². The van der Waals surface area contributed by atoms with Gasteiger partial charge in [-0.1, -0.05) is 6.92 Å². The number of aromatic nitrogens is 4. The fourth-order valence-corrected chi connectivity index (χ4v) is 6.56. The molecule has 2 bridgehead atoms. The summed E-state index contributed by atoms with van der Waals surface area (Å²) in [6.45, 7) is 5.00. The Balaban J connectivity index is 1.54. The quantitative estimate of drug-likeness (QED) is 0.392. The van der Waals surface area contributed by atoms with Gasteiger partial charge in [0, 0.05) is 42.2 Å². The molecule has 2 N–H and O–H groups in total. The molecule has 38 heavy (non-hydrogen) atoms. The Morgan fingerprint density at radius 1 is 1.11 bits per heavy atom. The molecular weight excluding hydrogens is 510 g/mol. The molecule has 6 rings (SSSR count). The average molecular weight is 539 g/mol. The highest BCUT2D eigenvalue weighted by Gasteiger charge is 2.38. The molecule has 2 aliphatic heterocycles. The second-order valence-electron chi connectivity index (χ2n) is 10.1. The van der Waals surface area contributed by atoms with E-state index in [0.29, 0.717) is 28.7 Å². The summed E-state index contributed by atoms with van der Waals surface area (Å²) in [6.07, 6.45) is 5.71.